The van der Waals surface area contributed by atoms with Gasteiger partial charge in [0.1, 0.15) is 35.3 Å². The first-order valence-corrected chi connectivity index (χ1v) is 11.7. The number of fused-ring (bicyclic) bond motifs is 1. The molecule has 0 saturated heterocycles. The molecule has 0 aliphatic carbocycles. The maximum Gasteiger partial charge on any atom is 1.00 e. The fourth-order valence-electron chi connectivity index (χ4n) is 3.79. The van der Waals surface area contributed by atoms with E-state index in [1.165, 1.54) is 0 Å². The number of ether oxygens (including phenoxy) is 1. The Balaban J connectivity index is 0.00000420. The van der Waals surface area contributed by atoms with Gasteiger partial charge < -0.3 is 25.5 Å². The van der Waals surface area contributed by atoms with Crippen LogP contribution in [0.5, 0.6) is 5.75 Å². The Labute approximate surface area is 265 Å². The van der Waals surface area contributed by atoms with Gasteiger partial charge in [-0.2, -0.15) is 0 Å². The zero-order chi connectivity index (χ0) is 27.4. The molecule has 2 amide bonds. The number of benzene rings is 2. The molecule has 0 saturated carbocycles. The minimum Gasteiger partial charge on any atom is -0.611 e. The van der Waals surface area contributed by atoms with Crippen LogP contribution in [0.3, 0.4) is 0 Å². The molecule has 39 heavy (non-hydrogen) atoms. The molecule has 12 heteroatoms. The van der Waals surface area contributed by atoms with Gasteiger partial charge in [0.05, 0.1) is 0 Å². The Morgan fingerprint density at radius 2 is 1.74 bits per heavy atom. The van der Waals surface area contributed by atoms with E-state index in [0.29, 0.717) is 17.7 Å². The zero-order valence-electron chi connectivity index (χ0n) is 21.5. The summed E-state index contributed by atoms with van der Waals surface area (Å²) in [6.07, 6.45) is 4.54. The Morgan fingerprint density at radius 3 is 2.41 bits per heavy atom. The summed E-state index contributed by atoms with van der Waals surface area (Å²) in [7, 11) is 0. The fraction of sp³-hybridized carbons (Fsp3) is 0.222. The molecule has 0 radical (unpaired) electrons. The standard InChI is InChI=1S/C27H24F3N4O4.K/c1-15-8-9-16(2)33-34-13-20(26(36)31-12-19-21(29)10-18(28)11-22(19)30)24(35)25(23(34)27(37)32-15)38-14-17-6-4-3-5-7-17;/h3-11,13,15-16H,12,14H2,1-2H3,(H,31,36)(H,32,37);/q-1;+1/b9-8-;. The molecule has 0 bridgehead atoms. The quantitative estimate of drug-likeness (QED) is 0.344. The van der Waals surface area contributed by atoms with Crippen LogP contribution in [0.1, 0.15) is 45.8 Å². The molecule has 0 fully saturated rings. The molecule has 2 aromatic carbocycles. The first kappa shape index (κ1) is 30.6. The smallest absolute Gasteiger partial charge is 0.611 e. The number of nitrogens with one attached hydrogen (secondary N) is 2. The van der Waals surface area contributed by atoms with Gasteiger partial charge in [-0.3, -0.25) is 14.4 Å². The van der Waals surface area contributed by atoms with Crippen molar-refractivity contribution in [2.75, 3.05) is 0 Å². The van der Waals surface area contributed by atoms with Crippen molar-refractivity contribution in [3.8, 4) is 5.75 Å². The largest absolute Gasteiger partial charge is 1.00 e. The number of carbonyl (C=O) groups is 2. The van der Waals surface area contributed by atoms with E-state index in [4.69, 9.17) is 4.74 Å². The second-order valence-electron chi connectivity index (χ2n) is 8.70. The molecule has 0 spiro atoms. The van der Waals surface area contributed by atoms with Gasteiger partial charge in [0, 0.05) is 36.5 Å². The number of hydrogen-bond acceptors (Lipinski definition) is 4. The Morgan fingerprint density at radius 1 is 1.08 bits per heavy atom. The summed E-state index contributed by atoms with van der Waals surface area (Å²) in [6, 6.07) is 8.99. The van der Waals surface area contributed by atoms with Crippen LogP contribution in [0.2, 0.25) is 0 Å². The molecule has 8 nitrogen and oxygen atoms in total. The average Bonchev–Trinajstić information content (AvgIpc) is 2.91. The molecule has 2 N–H and O–H groups in total. The van der Waals surface area contributed by atoms with E-state index in [1.807, 2.05) is 0 Å². The molecule has 2 heterocycles. The van der Waals surface area contributed by atoms with Crippen LogP contribution in [-0.4, -0.2) is 28.6 Å². The molecular formula is C27H24F3KN4O4. The molecule has 1 aliphatic rings. The van der Waals surface area contributed by atoms with Crippen LogP contribution in [0.4, 0.5) is 13.2 Å². The zero-order valence-corrected chi connectivity index (χ0v) is 24.6. The summed E-state index contributed by atoms with van der Waals surface area (Å²) in [5, 5.41) is 5.01. The minimum atomic E-state index is -1.19. The normalized spacial score (nSPS) is 17.2. The van der Waals surface area contributed by atoms with Gasteiger partial charge in [0.2, 0.25) is 5.43 Å². The summed E-state index contributed by atoms with van der Waals surface area (Å²) in [5.41, 5.74) is 2.93. The summed E-state index contributed by atoms with van der Waals surface area (Å²) < 4.78 is 48.2. The van der Waals surface area contributed by atoms with Crippen molar-refractivity contribution in [3.05, 3.63) is 116 Å². The number of hydrogen-bond donors (Lipinski definition) is 2. The molecule has 1 aliphatic heterocycles. The second-order valence-corrected chi connectivity index (χ2v) is 8.70. The van der Waals surface area contributed by atoms with Gasteiger partial charge in [0.15, 0.2) is 5.75 Å². The molecule has 2 unspecified atom stereocenters. The van der Waals surface area contributed by atoms with Gasteiger partial charge >= 0.3 is 51.4 Å². The van der Waals surface area contributed by atoms with E-state index in [1.54, 1.807) is 56.3 Å². The Kier molecular flexibility index (Phi) is 10.6. The number of carbonyl (C=O) groups excluding carboxylic acids is 2. The first-order valence-electron chi connectivity index (χ1n) is 11.7. The Hall–Kier alpha value is -2.90. The third-order valence-corrected chi connectivity index (χ3v) is 5.71. The third kappa shape index (κ3) is 7.40. The molecule has 1 aromatic heterocycles. The predicted octanol–water partition coefficient (Wildman–Crippen LogP) is 0.992. The van der Waals surface area contributed by atoms with Gasteiger partial charge in [-0.05, 0) is 12.5 Å². The topological polar surface area (TPSA) is 104 Å². The van der Waals surface area contributed by atoms with Crippen molar-refractivity contribution in [2.24, 2.45) is 0 Å². The number of pyridine rings is 1. The summed E-state index contributed by atoms with van der Waals surface area (Å²) in [4.78, 5) is 39.6. The van der Waals surface area contributed by atoms with Crippen LogP contribution in [0.15, 0.2) is 65.6 Å². The molecule has 2 atom stereocenters. The van der Waals surface area contributed by atoms with Crippen LogP contribution < -0.4 is 72.2 Å². The van der Waals surface area contributed by atoms with Gasteiger partial charge in [-0.1, -0.05) is 49.4 Å². The van der Waals surface area contributed by atoms with Crippen LogP contribution >= 0.6 is 0 Å². The van der Waals surface area contributed by atoms with Crippen LogP contribution in [0, 0.1) is 17.5 Å². The van der Waals surface area contributed by atoms with E-state index in [2.05, 4.69) is 16.1 Å². The molecule has 3 aromatic rings. The van der Waals surface area contributed by atoms with E-state index in [9.17, 15) is 27.6 Å². The van der Waals surface area contributed by atoms with Gasteiger partial charge in [-0.25, -0.2) is 13.2 Å². The maximum atomic E-state index is 14.1. The monoisotopic (exact) mass is 564 g/mol. The van der Waals surface area contributed by atoms with Crippen LogP contribution in [0.25, 0.3) is 5.43 Å². The van der Waals surface area contributed by atoms with Crippen molar-refractivity contribution in [2.45, 2.75) is 39.1 Å². The van der Waals surface area contributed by atoms with E-state index >= 15 is 0 Å². The second kappa shape index (κ2) is 13.4. The summed E-state index contributed by atoms with van der Waals surface area (Å²) in [5.74, 6) is -5.55. The van der Waals surface area contributed by atoms with Gasteiger partial charge in [0.25, 0.3) is 11.8 Å². The van der Waals surface area contributed by atoms with E-state index in [0.717, 1.165) is 10.9 Å². The maximum absolute atomic E-state index is 14.1. The number of aromatic nitrogens is 1. The molecule has 4 rings (SSSR count). The summed E-state index contributed by atoms with van der Waals surface area (Å²) in [6.45, 7) is 2.74. The molecule has 198 valence electrons. The SMILES string of the molecule is CC1/C=C\C(C)NC(=O)c2c(OCc3ccccc3)c(=O)c(C(=O)NCc3c(F)cc(F)cc3F)cn2[N-]1.[K+]. The average molecular weight is 565 g/mol. The number of rotatable bonds is 6. The molecular weight excluding hydrogens is 540 g/mol. The van der Waals surface area contributed by atoms with Crippen molar-refractivity contribution < 1.29 is 78.9 Å². The van der Waals surface area contributed by atoms with Crippen molar-refractivity contribution in [1.82, 2.24) is 15.3 Å². The minimum absolute atomic E-state index is 0. The predicted molar refractivity (Wildman–Crippen MR) is 133 cm³/mol. The van der Waals surface area contributed by atoms with E-state index < -0.39 is 64.2 Å². The van der Waals surface area contributed by atoms with Crippen molar-refractivity contribution in [1.29, 1.82) is 0 Å². The first-order chi connectivity index (χ1) is 18.1. The third-order valence-electron chi connectivity index (χ3n) is 5.71. The number of nitrogens with zero attached hydrogens (tertiary/aromatic N) is 2. The number of halogens is 3. The van der Waals surface area contributed by atoms with Crippen molar-refractivity contribution >= 4 is 11.8 Å². The van der Waals surface area contributed by atoms with Crippen molar-refractivity contribution in [3.63, 3.8) is 0 Å². The van der Waals surface area contributed by atoms with Gasteiger partial charge in [-0.15, -0.1) is 6.08 Å². The fourth-order valence-corrected chi connectivity index (χ4v) is 3.79. The Bertz CT molecular complexity index is 1440. The number of amides is 2. The van der Waals surface area contributed by atoms with E-state index in [-0.39, 0.29) is 69.7 Å². The van der Waals surface area contributed by atoms with Crippen LogP contribution in [-0.2, 0) is 13.2 Å². The summed E-state index contributed by atoms with van der Waals surface area (Å²) >= 11 is 0.